The van der Waals surface area contributed by atoms with Crippen molar-refractivity contribution in [2.45, 2.75) is 27.3 Å². The minimum atomic E-state index is -0.389. The number of carbonyl (C=O) groups excluding carboxylic acids is 2. The zero-order valence-electron chi connectivity index (χ0n) is 19.9. The van der Waals surface area contributed by atoms with Crippen LogP contribution in [0.2, 0.25) is 0 Å². The van der Waals surface area contributed by atoms with E-state index < -0.39 is 0 Å². The third-order valence-corrected chi connectivity index (χ3v) is 5.18. The Morgan fingerprint density at radius 2 is 1.56 bits per heavy atom. The molecule has 0 spiro atoms. The number of hydrogen-bond acceptors (Lipinski definition) is 4. The smallest absolute Gasteiger partial charge is 0.337 e. The SMILES string of the molecule is CC.COC(=O)c1ccc(Cn2nc(-c3ccccc3)cc2C(=O)Nc2ccccc2C)cc1. The van der Waals surface area contributed by atoms with Gasteiger partial charge < -0.3 is 10.1 Å². The summed E-state index contributed by atoms with van der Waals surface area (Å²) in [6.45, 7) is 6.33. The highest BCUT2D eigenvalue weighted by Gasteiger charge is 2.18. The molecule has 6 nitrogen and oxygen atoms in total. The summed E-state index contributed by atoms with van der Waals surface area (Å²) in [6, 6.07) is 26.2. The molecule has 4 aromatic rings. The molecule has 0 bridgehead atoms. The molecule has 0 saturated carbocycles. The van der Waals surface area contributed by atoms with Gasteiger partial charge in [-0.2, -0.15) is 5.10 Å². The van der Waals surface area contributed by atoms with Gasteiger partial charge in [-0.05, 0) is 42.3 Å². The largest absolute Gasteiger partial charge is 0.465 e. The van der Waals surface area contributed by atoms with Crippen LogP contribution >= 0.6 is 0 Å². The molecule has 1 amide bonds. The Bertz CT molecular complexity index is 1250. The second-order valence-corrected chi connectivity index (χ2v) is 7.40. The summed E-state index contributed by atoms with van der Waals surface area (Å²) < 4.78 is 6.44. The van der Waals surface area contributed by atoms with Gasteiger partial charge in [0.05, 0.1) is 24.9 Å². The van der Waals surface area contributed by atoms with Crippen molar-refractivity contribution in [2.75, 3.05) is 12.4 Å². The Kier molecular flexibility index (Phi) is 8.35. The lowest BCUT2D eigenvalue weighted by molar-refractivity contribution is 0.0600. The van der Waals surface area contributed by atoms with Gasteiger partial charge in [0.2, 0.25) is 0 Å². The van der Waals surface area contributed by atoms with E-state index in [1.807, 2.05) is 87.5 Å². The highest BCUT2D eigenvalue weighted by Crippen LogP contribution is 2.22. The van der Waals surface area contributed by atoms with E-state index in [4.69, 9.17) is 9.84 Å². The van der Waals surface area contributed by atoms with Gasteiger partial charge in [-0.3, -0.25) is 9.48 Å². The fourth-order valence-corrected chi connectivity index (χ4v) is 3.41. The minimum absolute atomic E-state index is 0.236. The van der Waals surface area contributed by atoms with Crippen molar-refractivity contribution in [1.29, 1.82) is 0 Å². The number of hydrogen-bond donors (Lipinski definition) is 1. The molecule has 3 aromatic carbocycles. The van der Waals surface area contributed by atoms with Gasteiger partial charge in [0.25, 0.3) is 5.91 Å². The summed E-state index contributed by atoms with van der Waals surface area (Å²) in [4.78, 5) is 24.9. The lowest BCUT2D eigenvalue weighted by Crippen LogP contribution is -2.18. The van der Waals surface area contributed by atoms with Crippen LogP contribution in [0.4, 0.5) is 5.69 Å². The number of nitrogens with one attached hydrogen (secondary N) is 1. The van der Waals surface area contributed by atoms with Crippen molar-refractivity contribution in [3.8, 4) is 11.3 Å². The van der Waals surface area contributed by atoms with Crippen LogP contribution in [0.15, 0.2) is 84.9 Å². The normalized spacial score (nSPS) is 10.1. The monoisotopic (exact) mass is 455 g/mol. The van der Waals surface area contributed by atoms with Crippen molar-refractivity contribution in [1.82, 2.24) is 9.78 Å². The van der Waals surface area contributed by atoms with Gasteiger partial charge in [-0.15, -0.1) is 0 Å². The number of carbonyl (C=O) groups is 2. The van der Waals surface area contributed by atoms with Gasteiger partial charge in [0.15, 0.2) is 0 Å². The van der Waals surface area contributed by atoms with Crippen molar-refractivity contribution < 1.29 is 14.3 Å². The van der Waals surface area contributed by atoms with Crippen LogP contribution in [-0.2, 0) is 11.3 Å². The third-order valence-electron chi connectivity index (χ3n) is 5.18. The highest BCUT2D eigenvalue weighted by molar-refractivity contribution is 6.04. The van der Waals surface area contributed by atoms with E-state index in [0.717, 1.165) is 22.4 Å². The fraction of sp³-hybridized carbons (Fsp3) is 0.179. The lowest BCUT2D eigenvalue weighted by Gasteiger charge is -2.10. The average molecular weight is 456 g/mol. The van der Waals surface area contributed by atoms with Gasteiger partial charge in [0.1, 0.15) is 5.69 Å². The van der Waals surface area contributed by atoms with Gasteiger partial charge in [-0.25, -0.2) is 4.79 Å². The van der Waals surface area contributed by atoms with Crippen LogP contribution in [0.5, 0.6) is 0 Å². The van der Waals surface area contributed by atoms with Gasteiger partial charge in [-0.1, -0.05) is 74.5 Å². The molecule has 0 saturated heterocycles. The van der Waals surface area contributed by atoms with Crippen molar-refractivity contribution in [3.05, 3.63) is 107 Å². The van der Waals surface area contributed by atoms with Crippen LogP contribution in [0.25, 0.3) is 11.3 Å². The Morgan fingerprint density at radius 1 is 0.912 bits per heavy atom. The first-order chi connectivity index (χ1) is 16.5. The lowest BCUT2D eigenvalue weighted by atomic mass is 10.1. The summed E-state index contributed by atoms with van der Waals surface area (Å²) in [6.07, 6.45) is 0. The molecule has 1 heterocycles. The number of methoxy groups -OCH3 is 1. The summed E-state index contributed by atoms with van der Waals surface area (Å²) in [5.74, 6) is -0.625. The predicted octanol–water partition coefficient (Wildman–Crippen LogP) is 5.97. The molecule has 0 aliphatic heterocycles. The Balaban J connectivity index is 0.00000158. The van der Waals surface area contributed by atoms with E-state index in [0.29, 0.717) is 23.5 Å². The predicted molar refractivity (Wildman–Crippen MR) is 135 cm³/mol. The molecular formula is C28H29N3O3. The van der Waals surface area contributed by atoms with E-state index in [-0.39, 0.29) is 11.9 Å². The van der Waals surface area contributed by atoms with Crippen molar-refractivity contribution >= 4 is 17.6 Å². The molecule has 0 unspecified atom stereocenters. The molecule has 34 heavy (non-hydrogen) atoms. The molecule has 174 valence electrons. The first kappa shape index (κ1) is 24.5. The second-order valence-electron chi connectivity index (χ2n) is 7.40. The summed E-state index contributed by atoms with van der Waals surface area (Å²) >= 11 is 0. The number of aromatic nitrogens is 2. The van der Waals surface area contributed by atoms with Crippen molar-refractivity contribution in [2.24, 2.45) is 0 Å². The number of esters is 1. The minimum Gasteiger partial charge on any atom is -0.465 e. The topological polar surface area (TPSA) is 73.2 Å². The second kappa shape index (κ2) is 11.6. The Hall–Kier alpha value is -4.19. The number of aryl methyl sites for hydroxylation is 1. The van der Waals surface area contributed by atoms with Crippen LogP contribution in [0, 0.1) is 6.92 Å². The third kappa shape index (κ3) is 5.78. The van der Waals surface area contributed by atoms with E-state index in [1.54, 1.807) is 22.9 Å². The highest BCUT2D eigenvalue weighted by atomic mass is 16.5. The molecule has 0 radical (unpaired) electrons. The number of amides is 1. The molecule has 0 aliphatic rings. The summed E-state index contributed by atoms with van der Waals surface area (Å²) in [5.41, 5.74) is 5.21. The van der Waals surface area contributed by atoms with Gasteiger partial charge in [0, 0.05) is 11.3 Å². The summed E-state index contributed by atoms with van der Waals surface area (Å²) in [5, 5.41) is 7.69. The molecule has 1 N–H and O–H groups in total. The molecule has 0 aliphatic carbocycles. The van der Waals surface area contributed by atoms with E-state index in [1.165, 1.54) is 7.11 Å². The first-order valence-electron chi connectivity index (χ1n) is 11.2. The maximum absolute atomic E-state index is 13.2. The van der Waals surface area contributed by atoms with Crippen LogP contribution in [0.3, 0.4) is 0 Å². The average Bonchev–Trinajstić information content (AvgIpc) is 3.31. The van der Waals surface area contributed by atoms with E-state index in [9.17, 15) is 9.59 Å². The van der Waals surface area contributed by atoms with Gasteiger partial charge >= 0.3 is 5.97 Å². The molecule has 0 atom stereocenters. The van der Waals surface area contributed by atoms with Crippen molar-refractivity contribution in [3.63, 3.8) is 0 Å². The maximum atomic E-state index is 13.2. The maximum Gasteiger partial charge on any atom is 0.337 e. The standard InChI is InChI=1S/C26H23N3O3.C2H6/c1-18-8-6-7-11-22(18)27-25(30)24-16-23(20-9-4-3-5-10-20)28-29(24)17-19-12-14-21(15-13-19)26(31)32-2;1-2/h3-16H,17H2,1-2H3,(H,27,30);1-2H3. The summed E-state index contributed by atoms with van der Waals surface area (Å²) in [7, 11) is 1.35. The fourth-order valence-electron chi connectivity index (χ4n) is 3.41. The van der Waals surface area contributed by atoms with E-state index >= 15 is 0 Å². The Labute approximate surface area is 200 Å². The Morgan fingerprint density at radius 3 is 2.21 bits per heavy atom. The molecule has 4 rings (SSSR count). The zero-order chi connectivity index (χ0) is 24.5. The number of benzene rings is 3. The van der Waals surface area contributed by atoms with Crippen LogP contribution < -0.4 is 5.32 Å². The van der Waals surface area contributed by atoms with Crippen LogP contribution in [-0.4, -0.2) is 28.8 Å². The molecule has 0 fully saturated rings. The zero-order valence-corrected chi connectivity index (χ0v) is 19.9. The number of nitrogens with zero attached hydrogens (tertiary/aromatic N) is 2. The number of para-hydroxylation sites is 1. The molecular weight excluding hydrogens is 426 g/mol. The first-order valence-corrected chi connectivity index (χ1v) is 11.2. The number of anilines is 1. The molecule has 1 aromatic heterocycles. The quantitative estimate of drug-likeness (QED) is 0.364. The van der Waals surface area contributed by atoms with E-state index in [2.05, 4.69) is 5.32 Å². The number of rotatable bonds is 6. The number of ether oxygens (including phenoxy) is 1. The molecule has 6 heteroatoms. The van der Waals surface area contributed by atoms with Crippen LogP contribution in [0.1, 0.15) is 45.8 Å².